The highest BCUT2D eigenvalue weighted by molar-refractivity contribution is 6.91. The average Bonchev–Trinajstić information content (AvgIpc) is 2.39. The topological polar surface area (TPSA) is 23.6 Å². The number of benzene rings is 1. The Kier molecular flexibility index (Phi) is 5.17. The van der Waals surface area contributed by atoms with Crippen LogP contribution in [0.4, 0.5) is 4.79 Å². The molecule has 0 fully saturated rings. The minimum absolute atomic E-state index is 0.0864. The highest BCUT2D eigenvalue weighted by atomic mass is 28.3. The van der Waals surface area contributed by atoms with Gasteiger partial charge in [0.15, 0.2) is 0 Å². The van der Waals surface area contributed by atoms with Crippen LogP contribution in [0.5, 0.6) is 0 Å². The van der Waals surface area contributed by atoms with Crippen molar-refractivity contribution in [2.45, 2.75) is 32.1 Å². The Morgan fingerprint density at radius 1 is 1.16 bits per heavy atom. The molecule has 0 aliphatic heterocycles. The third-order valence-electron chi connectivity index (χ3n) is 3.89. The molecule has 3 nitrogen and oxygen atoms in total. The first-order chi connectivity index (χ1) is 8.82. The smallest absolute Gasteiger partial charge is 0.319 e. The lowest BCUT2D eigenvalue weighted by Crippen LogP contribution is -2.61. The Morgan fingerprint density at radius 3 is 2.11 bits per heavy atom. The molecular formula is C15H26N2OSi. The van der Waals surface area contributed by atoms with Gasteiger partial charge in [0.1, 0.15) is 8.07 Å². The van der Waals surface area contributed by atoms with Crippen molar-refractivity contribution in [2.24, 2.45) is 0 Å². The summed E-state index contributed by atoms with van der Waals surface area (Å²) in [5.74, 6) is 0. The molecule has 0 bridgehead atoms. The van der Waals surface area contributed by atoms with E-state index in [4.69, 9.17) is 0 Å². The van der Waals surface area contributed by atoms with Crippen molar-refractivity contribution >= 4 is 19.3 Å². The fourth-order valence-electron chi connectivity index (χ4n) is 2.78. The first kappa shape index (κ1) is 15.8. The van der Waals surface area contributed by atoms with E-state index < -0.39 is 8.07 Å². The van der Waals surface area contributed by atoms with Gasteiger partial charge in [-0.05, 0) is 6.42 Å². The summed E-state index contributed by atoms with van der Waals surface area (Å²) in [6.45, 7) is 6.85. The van der Waals surface area contributed by atoms with Crippen LogP contribution in [0.1, 0.15) is 13.3 Å². The van der Waals surface area contributed by atoms with Crippen molar-refractivity contribution in [3.63, 3.8) is 0 Å². The molecule has 0 saturated carbocycles. The Labute approximate surface area is 118 Å². The molecule has 0 spiro atoms. The van der Waals surface area contributed by atoms with Gasteiger partial charge in [0.2, 0.25) is 0 Å². The van der Waals surface area contributed by atoms with E-state index in [0.717, 1.165) is 6.42 Å². The molecule has 1 aromatic rings. The monoisotopic (exact) mass is 278 g/mol. The van der Waals surface area contributed by atoms with Gasteiger partial charge in [0.05, 0.1) is 0 Å². The molecule has 2 amide bonds. The molecule has 0 radical (unpaired) electrons. The van der Waals surface area contributed by atoms with Crippen LogP contribution in [0.15, 0.2) is 30.3 Å². The molecular weight excluding hydrogens is 252 g/mol. The number of urea groups is 1. The van der Waals surface area contributed by atoms with Gasteiger partial charge < -0.3 is 9.80 Å². The second-order valence-corrected chi connectivity index (χ2v) is 10.5. The van der Waals surface area contributed by atoms with Gasteiger partial charge >= 0.3 is 6.03 Å². The minimum Gasteiger partial charge on any atom is -0.331 e. The van der Waals surface area contributed by atoms with E-state index in [2.05, 4.69) is 44.3 Å². The fourth-order valence-corrected chi connectivity index (χ4v) is 6.31. The first-order valence-electron chi connectivity index (χ1n) is 6.82. The van der Waals surface area contributed by atoms with Crippen LogP contribution in [-0.4, -0.2) is 50.7 Å². The predicted octanol–water partition coefficient (Wildman–Crippen LogP) is 2.53. The van der Waals surface area contributed by atoms with Crippen LogP contribution in [0.2, 0.25) is 13.1 Å². The highest BCUT2D eigenvalue weighted by Gasteiger charge is 2.37. The number of amides is 2. The maximum atomic E-state index is 12.2. The molecule has 1 atom stereocenters. The van der Waals surface area contributed by atoms with Gasteiger partial charge in [-0.1, -0.05) is 55.5 Å². The van der Waals surface area contributed by atoms with E-state index in [-0.39, 0.29) is 6.03 Å². The van der Waals surface area contributed by atoms with E-state index >= 15 is 0 Å². The standard InChI is InChI=1S/C15H26N2OSi/c1-7-14(17(4)15(18)16(2)3)19(5,6)13-11-9-8-10-12-13/h8-12,14H,7H2,1-6H3. The summed E-state index contributed by atoms with van der Waals surface area (Å²) in [5.41, 5.74) is 0.310. The summed E-state index contributed by atoms with van der Waals surface area (Å²) in [7, 11) is 3.84. The molecule has 0 heterocycles. The molecule has 1 rings (SSSR count). The van der Waals surface area contributed by atoms with E-state index in [0.29, 0.717) is 5.67 Å². The molecule has 0 aliphatic rings. The molecule has 0 aliphatic carbocycles. The number of carbonyl (C=O) groups excluding carboxylic acids is 1. The van der Waals surface area contributed by atoms with Crippen molar-refractivity contribution in [3.05, 3.63) is 30.3 Å². The summed E-state index contributed by atoms with van der Waals surface area (Å²) in [6, 6.07) is 10.7. The lowest BCUT2D eigenvalue weighted by molar-refractivity contribution is 0.175. The summed E-state index contributed by atoms with van der Waals surface area (Å²) in [4.78, 5) is 15.8. The van der Waals surface area contributed by atoms with Crippen molar-refractivity contribution < 1.29 is 4.79 Å². The molecule has 1 aromatic carbocycles. The largest absolute Gasteiger partial charge is 0.331 e. The number of hydrogen-bond donors (Lipinski definition) is 0. The van der Waals surface area contributed by atoms with Gasteiger partial charge in [-0.3, -0.25) is 0 Å². The normalized spacial score (nSPS) is 12.9. The third kappa shape index (κ3) is 3.38. The van der Waals surface area contributed by atoms with Gasteiger partial charge in [0, 0.05) is 26.8 Å². The molecule has 19 heavy (non-hydrogen) atoms. The zero-order valence-corrected chi connectivity index (χ0v) is 14.0. The number of rotatable bonds is 4. The summed E-state index contributed by atoms with van der Waals surface area (Å²) in [5, 5.41) is 1.40. The molecule has 1 unspecified atom stereocenters. The van der Waals surface area contributed by atoms with Gasteiger partial charge in [0.25, 0.3) is 0 Å². The first-order valence-corrected chi connectivity index (χ1v) is 9.89. The summed E-state index contributed by atoms with van der Waals surface area (Å²) < 4.78 is 0. The second kappa shape index (κ2) is 6.24. The average molecular weight is 278 g/mol. The van der Waals surface area contributed by atoms with Crippen molar-refractivity contribution in [1.29, 1.82) is 0 Å². The Bertz CT molecular complexity index is 417. The molecule has 0 saturated heterocycles. The molecule has 0 N–H and O–H groups in total. The fraction of sp³-hybridized carbons (Fsp3) is 0.533. The Morgan fingerprint density at radius 2 is 1.68 bits per heavy atom. The van der Waals surface area contributed by atoms with Crippen LogP contribution >= 0.6 is 0 Å². The highest BCUT2D eigenvalue weighted by Crippen LogP contribution is 2.18. The zero-order chi connectivity index (χ0) is 14.6. The van der Waals surface area contributed by atoms with E-state index in [1.165, 1.54) is 5.19 Å². The SMILES string of the molecule is CCC(N(C)C(=O)N(C)C)[Si](C)(C)c1ccccc1. The molecule has 4 heteroatoms. The Hall–Kier alpha value is -1.29. The number of nitrogens with zero attached hydrogens (tertiary/aromatic N) is 2. The molecule has 106 valence electrons. The maximum absolute atomic E-state index is 12.2. The van der Waals surface area contributed by atoms with Crippen LogP contribution < -0.4 is 5.19 Å². The van der Waals surface area contributed by atoms with Crippen LogP contribution in [-0.2, 0) is 0 Å². The van der Waals surface area contributed by atoms with E-state index in [9.17, 15) is 4.79 Å². The predicted molar refractivity (Wildman–Crippen MR) is 84.5 cm³/mol. The van der Waals surface area contributed by atoms with E-state index in [1.807, 2.05) is 32.1 Å². The second-order valence-electron chi connectivity index (χ2n) is 5.80. The Balaban J connectivity index is 3.05. The van der Waals surface area contributed by atoms with Crippen molar-refractivity contribution in [1.82, 2.24) is 9.80 Å². The minimum atomic E-state index is -1.70. The van der Waals surface area contributed by atoms with Crippen LogP contribution in [0.3, 0.4) is 0 Å². The lowest BCUT2D eigenvalue weighted by atomic mass is 10.4. The number of carbonyl (C=O) groups is 1. The number of hydrogen-bond acceptors (Lipinski definition) is 1. The van der Waals surface area contributed by atoms with Gasteiger partial charge in [-0.2, -0.15) is 0 Å². The third-order valence-corrected chi connectivity index (χ3v) is 8.17. The molecule has 0 aromatic heterocycles. The van der Waals surface area contributed by atoms with Crippen molar-refractivity contribution in [2.75, 3.05) is 21.1 Å². The maximum Gasteiger partial charge on any atom is 0.319 e. The summed E-state index contributed by atoms with van der Waals surface area (Å²) >= 11 is 0. The van der Waals surface area contributed by atoms with Crippen LogP contribution in [0, 0.1) is 0 Å². The quantitative estimate of drug-likeness (QED) is 0.776. The van der Waals surface area contributed by atoms with Gasteiger partial charge in [-0.15, -0.1) is 0 Å². The van der Waals surface area contributed by atoms with E-state index in [1.54, 1.807) is 4.90 Å². The lowest BCUT2D eigenvalue weighted by Gasteiger charge is -2.39. The zero-order valence-electron chi connectivity index (χ0n) is 13.0. The van der Waals surface area contributed by atoms with Crippen molar-refractivity contribution in [3.8, 4) is 0 Å². The van der Waals surface area contributed by atoms with Gasteiger partial charge in [-0.25, -0.2) is 4.79 Å². The van der Waals surface area contributed by atoms with Crippen LogP contribution in [0.25, 0.3) is 0 Å². The summed E-state index contributed by atoms with van der Waals surface area (Å²) in [6.07, 6.45) is 0.990.